The molecule has 1 saturated heterocycles. The van der Waals surface area contributed by atoms with Gasteiger partial charge >= 0.3 is 0 Å². The molecule has 0 aliphatic carbocycles. The van der Waals surface area contributed by atoms with Gasteiger partial charge in [0, 0.05) is 16.6 Å². The molecule has 4 nitrogen and oxygen atoms in total. The molecule has 1 aromatic carbocycles. The van der Waals surface area contributed by atoms with Crippen molar-refractivity contribution in [3.63, 3.8) is 0 Å². The summed E-state index contributed by atoms with van der Waals surface area (Å²) in [5, 5.41) is 0. The van der Waals surface area contributed by atoms with Crippen LogP contribution in [0.3, 0.4) is 0 Å². The molecule has 116 valence electrons. The molecule has 5 heteroatoms. The zero-order valence-corrected chi connectivity index (χ0v) is 14.2. The molecule has 2 rings (SSSR count). The van der Waals surface area contributed by atoms with Crippen molar-refractivity contribution in [2.24, 2.45) is 5.92 Å². The fourth-order valence-corrected chi connectivity index (χ4v) is 3.05. The second-order valence-electron chi connectivity index (χ2n) is 4.98. The maximum Gasteiger partial charge on any atom is 0.169 e. The summed E-state index contributed by atoms with van der Waals surface area (Å²) < 4.78 is 17.4. The van der Waals surface area contributed by atoms with Gasteiger partial charge in [0.15, 0.2) is 17.3 Å². The van der Waals surface area contributed by atoms with Gasteiger partial charge in [-0.05, 0) is 55.3 Å². The number of carbonyl (C=O) groups excluding carboxylic acids is 1. The van der Waals surface area contributed by atoms with Gasteiger partial charge in [-0.25, -0.2) is 0 Å². The van der Waals surface area contributed by atoms with Gasteiger partial charge in [0.25, 0.3) is 0 Å². The Morgan fingerprint density at radius 2 is 1.90 bits per heavy atom. The molecule has 1 aromatic rings. The largest absolute Gasteiger partial charge is 0.490 e. The molecule has 21 heavy (non-hydrogen) atoms. The summed E-state index contributed by atoms with van der Waals surface area (Å²) in [7, 11) is 0. The number of halogens is 1. The number of rotatable bonds is 6. The molecule has 0 aromatic heterocycles. The van der Waals surface area contributed by atoms with E-state index >= 15 is 0 Å². The summed E-state index contributed by atoms with van der Waals surface area (Å²) in [5.41, 5.74) is 0.629. The zero-order chi connectivity index (χ0) is 15.4. The Morgan fingerprint density at radius 3 is 2.43 bits per heavy atom. The number of hydrogen-bond donors (Lipinski definition) is 0. The number of benzene rings is 1. The fourth-order valence-electron chi connectivity index (χ4n) is 2.54. The second kappa shape index (κ2) is 7.27. The minimum absolute atomic E-state index is 0.0356. The lowest BCUT2D eigenvalue weighted by Gasteiger charge is -2.17. The van der Waals surface area contributed by atoms with E-state index < -0.39 is 0 Å². The molecular formula is C16H21BrO4. The van der Waals surface area contributed by atoms with Gasteiger partial charge in [-0.2, -0.15) is 0 Å². The van der Waals surface area contributed by atoms with Gasteiger partial charge in [-0.15, -0.1) is 0 Å². The van der Waals surface area contributed by atoms with Crippen LogP contribution in [0, 0.1) is 5.92 Å². The van der Waals surface area contributed by atoms with Gasteiger partial charge in [0.1, 0.15) is 0 Å². The van der Waals surface area contributed by atoms with Crippen LogP contribution in [0.2, 0.25) is 0 Å². The predicted octanol–water partition coefficient (Wildman–Crippen LogP) is 3.85. The van der Waals surface area contributed by atoms with Gasteiger partial charge < -0.3 is 14.2 Å². The van der Waals surface area contributed by atoms with Crippen LogP contribution in [0.1, 0.15) is 37.6 Å². The van der Waals surface area contributed by atoms with Crippen molar-refractivity contribution in [3.05, 3.63) is 22.2 Å². The average Bonchev–Trinajstić information content (AvgIpc) is 2.87. The highest BCUT2D eigenvalue weighted by Gasteiger charge is 2.32. The molecular weight excluding hydrogens is 336 g/mol. The third-order valence-electron chi connectivity index (χ3n) is 3.61. The third kappa shape index (κ3) is 3.58. The number of ketones is 1. The molecule has 0 bridgehead atoms. The number of hydrogen-bond acceptors (Lipinski definition) is 4. The summed E-state index contributed by atoms with van der Waals surface area (Å²) >= 11 is 3.47. The summed E-state index contributed by atoms with van der Waals surface area (Å²) in [6, 6.07) is 3.58. The Labute approximate surface area is 133 Å². The Bertz CT molecular complexity index is 515. The van der Waals surface area contributed by atoms with Crippen molar-refractivity contribution < 1.29 is 19.0 Å². The second-order valence-corrected chi connectivity index (χ2v) is 5.83. The van der Waals surface area contributed by atoms with Gasteiger partial charge in [0.05, 0.1) is 25.2 Å². The van der Waals surface area contributed by atoms with Crippen molar-refractivity contribution in [1.82, 2.24) is 0 Å². The quantitative estimate of drug-likeness (QED) is 0.726. The molecule has 0 radical (unpaired) electrons. The highest BCUT2D eigenvalue weighted by Crippen LogP contribution is 2.36. The lowest BCUT2D eigenvalue weighted by molar-refractivity contribution is 0.0763. The number of ether oxygens (including phenoxy) is 3. The van der Waals surface area contributed by atoms with E-state index in [4.69, 9.17) is 14.2 Å². The summed E-state index contributed by atoms with van der Waals surface area (Å²) in [5.74, 6) is 1.26. The van der Waals surface area contributed by atoms with Crippen LogP contribution < -0.4 is 9.47 Å². The molecule has 0 saturated carbocycles. The topological polar surface area (TPSA) is 44.8 Å². The van der Waals surface area contributed by atoms with Crippen molar-refractivity contribution in [2.45, 2.75) is 33.3 Å². The van der Waals surface area contributed by atoms with Gasteiger partial charge in [-0.3, -0.25) is 4.79 Å². The van der Waals surface area contributed by atoms with Crippen molar-refractivity contribution >= 4 is 21.7 Å². The predicted molar refractivity (Wildman–Crippen MR) is 84.3 cm³/mol. The molecule has 2 atom stereocenters. The number of Topliss-reactive ketones (excluding diaryl/α,β-unsaturated/α-hetero) is 1. The van der Waals surface area contributed by atoms with E-state index in [2.05, 4.69) is 15.9 Å². The molecule has 1 heterocycles. The molecule has 0 spiro atoms. The Balaban J connectivity index is 2.34. The first-order chi connectivity index (χ1) is 10.1. The average molecular weight is 357 g/mol. The van der Waals surface area contributed by atoms with Crippen LogP contribution in [-0.2, 0) is 4.74 Å². The van der Waals surface area contributed by atoms with E-state index in [1.54, 1.807) is 6.07 Å². The normalized spacial score (nSPS) is 21.3. The van der Waals surface area contributed by atoms with Crippen LogP contribution in [0.15, 0.2) is 16.6 Å². The lowest BCUT2D eigenvalue weighted by atomic mass is 9.92. The van der Waals surface area contributed by atoms with Crippen molar-refractivity contribution in [2.75, 3.05) is 19.8 Å². The number of carbonyl (C=O) groups is 1. The van der Waals surface area contributed by atoms with Gasteiger partial charge in [0.2, 0.25) is 0 Å². The maximum atomic E-state index is 12.7. The molecule has 0 amide bonds. The smallest absolute Gasteiger partial charge is 0.169 e. The van der Waals surface area contributed by atoms with E-state index in [-0.39, 0.29) is 17.8 Å². The summed E-state index contributed by atoms with van der Waals surface area (Å²) in [6.07, 6.45) is 0.732. The third-order valence-corrected chi connectivity index (χ3v) is 4.27. The minimum Gasteiger partial charge on any atom is -0.490 e. The lowest BCUT2D eigenvalue weighted by Crippen LogP contribution is -2.22. The van der Waals surface area contributed by atoms with E-state index in [1.165, 1.54) is 0 Å². The minimum atomic E-state index is -0.0891. The van der Waals surface area contributed by atoms with Crippen molar-refractivity contribution in [3.8, 4) is 11.5 Å². The standard InChI is InChI=1S/C16H21BrO4/c1-4-19-14-8-12(13(17)9-15(14)20-5-2)16(18)11-6-7-21-10(11)3/h8-11H,4-7H2,1-3H3. The van der Waals surface area contributed by atoms with E-state index in [0.717, 1.165) is 10.9 Å². The van der Waals surface area contributed by atoms with E-state index in [9.17, 15) is 4.79 Å². The molecule has 0 N–H and O–H groups in total. The molecule has 2 unspecified atom stereocenters. The van der Waals surface area contributed by atoms with Crippen LogP contribution in [0.4, 0.5) is 0 Å². The molecule has 1 aliphatic heterocycles. The van der Waals surface area contributed by atoms with E-state index in [0.29, 0.717) is 36.9 Å². The van der Waals surface area contributed by atoms with Crippen LogP contribution in [-0.4, -0.2) is 31.7 Å². The summed E-state index contributed by atoms with van der Waals surface area (Å²) in [6.45, 7) is 7.49. The van der Waals surface area contributed by atoms with Crippen LogP contribution in [0.25, 0.3) is 0 Å². The highest BCUT2D eigenvalue weighted by atomic mass is 79.9. The molecule has 1 aliphatic rings. The van der Waals surface area contributed by atoms with Gasteiger partial charge in [-0.1, -0.05) is 0 Å². The Hall–Kier alpha value is -1.07. The molecule has 1 fully saturated rings. The van der Waals surface area contributed by atoms with Crippen LogP contribution in [0.5, 0.6) is 11.5 Å². The summed E-state index contributed by atoms with van der Waals surface area (Å²) in [4.78, 5) is 12.7. The Morgan fingerprint density at radius 1 is 1.29 bits per heavy atom. The Kier molecular flexibility index (Phi) is 5.65. The first-order valence-electron chi connectivity index (χ1n) is 7.33. The van der Waals surface area contributed by atoms with Crippen molar-refractivity contribution in [1.29, 1.82) is 0 Å². The highest BCUT2D eigenvalue weighted by molar-refractivity contribution is 9.10. The fraction of sp³-hybridized carbons (Fsp3) is 0.562. The van der Waals surface area contributed by atoms with E-state index in [1.807, 2.05) is 26.8 Å². The zero-order valence-electron chi connectivity index (χ0n) is 12.6. The van der Waals surface area contributed by atoms with Crippen LogP contribution >= 0.6 is 15.9 Å². The maximum absolute atomic E-state index is 12.7. The first kappa shape index (κ1) is 16.3. The first-order valence-corrected chi connectivity index (χ1v) is 8.12. The SMILES string of the molecule is CCOc1cc(Br)c(C(=O)C2CCOC2C)cc1OCC. The monoisotopic (exact) mass is 356 g/mol.